The molecular formula is C49H29N3S. The Kier molecular flexibility index (Phi) is 6.46. The van der Waals surface area contributed by atoms with Crippen LogP contribution in [0.4, 0.5) is 0 Å². The summed E-state index contributed by atoms with van der Waals surface area (Å²) < 4.78 is 2.29. The molecular weight excluding hydrogens is 663 g/mol. The predicted molar refractivity (Wildman–Crippen MR) is 216 cm³/mol. The molecule has 0 atom stereocenters. The van der Waals surface area contributed by atoms with Crippen molar-refractivity contribution in [1.82, 2.24) is 9.55 Å². The zero-order valence-electron chi connectivity index (χ0n) is 28.5. The summed E-state index contributed by atoms with van der Waals surface area (Å²) in [5.41, 5.74) is 13.8. The van der Waals surface area contributed by atoms with Gasteiger partial charge in [-0.3, -0.25) is 4.57 Å². The first-order valence-electron chi connectivity index (χ1n) is 17.9. The van der Waals surface area contributed by atoms with Gasteiger partial charge >= 0.3 is 0 Å². The average Bonchev–Trinajstić information content (AvgIpc) is 3.75. The molecule has 4 heteroatoms. The molecule has 53 heavy (non-hydrogen) atoms. The molecule has 8 aromatic carbocycles. The third-order valence-electron chi connectivity index (χ3n) is 11.1. The Morgan fingerprint density at radius 1 is 0.528 bits per heavy atom. The summed E-state index contributed by atoms with van der Waals surface area (Å²) in [7, 11) is 0. The van der Waals surface area contributed by atoms with Gasteiger partial charge in [-0.1, -0.05) is 151 Å². The van der Waals surface area contributed by atoms with Crippen LogP contribution in [0.5, 0.6) is 0 Å². The maximum absolute atomic E-state index is 10.9. The van der Waals surface area contributed by atoms with Gasteiger partial charge in [0.2, 0.25) is 0 Å². The summed E-state index contributed by atoms with van der Waals surface area (Å²) in [5.74, 6) is 0.904. The van der Waals surface area contributed by atoms with Crippen LogP contribution in [-0.4, -0.2) is 9.55 Å². The lowest BCUT2D eigenvalue weighted by molar-refractivity contribution is 0.721. The first-order chi connectivity index (χ1) is 26.3. The molecule has 246 valence electrons. The monoisotopic (exact) mass is 691 g/mol. The zero-order valence-corrected chi connectivity index (χ0v) is 29.3. The van der Waals surface area contributed by atoms with Gasteiger partial charge < -0.3 is 0 Å². The molecule has 1 aromatic heterocycles. The van der Waals surface area contributed by atoms with Crippen LogP contribution in [0.1, 0.15) is 27.8 Å². The first kappa shape index (κ1) is 30.0. The molecule has 0 amide bonds. The number of para-hydroxylation sites is 2. The fourth-order valence-electron chi connectivity index (χ4n) is 8.97. The van der Waals surface area contributed by atoms with E-state index in [2.05, 4.69) is 174 Å². The fourth-order valence-corrected chi connectivity index (χ4v) is 10.2. The molecule has 2 heterocycles. The van der Waals surface area contributed by atoms with Crippen molar-refractivity contribution in [1.29, 1.82) is 5.26 Å². The van der Waals surface area contributed by atoms with Gasteiger partial charge in [-0.05, 0) is 86.3 Å². The Hall–Kier alpha value is -6.67. The predicted octanol–water partition coefficient (Wildman–Crippen LogP) is 12.2. The third-order valence-corrected chi connectivity index (χ3v) is 12.3. The van der Waals surface area contributed by atoms with Crippen molar-refractivity contribution in [3.8, 4) is 45.4 Å². The number of nitriles is 1. The van der Waals surface area contributed by atoms with Gasteiger partial charge in [0.1, 0.15) is 11.9 Å². The summed E-state index contributed by atoms with van der Waals surface area (Å²) >= 11 is 1.72. The summed E-state index contributed by atoms with van der Waals surface area (Å²) in [5, 5.41) is 13.1. The Morgan fingerprint density at radius 3 is 1.94 bits per heavy atom. The molecule has 3 nitrogen and oxygen atoms in total. The SMILES string of the molecule is N#Cc1cc(-c2ccc(-n3c(-c4ccccc4)nc4ccccc43)c3ccccc23)cc2c1Sc1ccccc1C21c2ccccc2-c2ccccc21. The lowest BCUT2D eigenvalue weighted by Gasteiger charge is -2.40. The molecule has 0 saturated heterocycles. The molecule has 0 radical (unpaired) electrons. The molecule has 2 aliphatic rings. The first-order valence-corrected chi connectivity index (χ1v) is 18.7. The summed E-state index contributed by atoms with van der Waals surface area (Å²) in [6, 6.07) is 65.4. The quantitative estimate of drug-likeness (QED) is 0.185. The second-order valence-corrected chi connectivity index (χ2v) is 14.8. The van der Waals surface area contributed by atoms with Gasteiger partial charge in [0.05, 0.1) is 27.7 Å². The Morgan fingerprint density at radius 2 is 1.17 bits per heavy atom. The number of hydrogen-bond acceptors (Lipinski definition) is 3. The zero-order chi connectivity index (χ0) is 35.1. The number of nitrogens with zero attached hydrogens (tertiary/aromatic N) is 3. The minimum atomic E-state index is -0.567. The van der Waals surface area contributed by atoms with E-state index in [4.69, 9.17) is 4.98 Å². The van der Waals surface area contributed by atoms with Crippen LogP contribution >= 0.6 is 11.8 Å². The van der Waals surface area contributed by atoms with Crippen molar-refractivity contribution in [2.45, 2.75) is 15.2 Å². The Balaban J connectivity index is 1.20. The normalized spacial score (nSPS) is 13.3. The number of fused-ring (bicyclic) bond motifs is 11. The van der Waals surface area contributed by atoms with E-state index in [9.17, 15) is 5.26 Å². The molecule has 1 aliphatic heterocycles. The minimum absolute atomic E-state index is 0.567. The van der Waals surface area contributed by atoms with Gasteiger partial charge in [-0.25, -0.2) is 4.98 Å². The van der Waals surface area contributed by atoms with Crippen LogP contribution < -0.4 is 0 Å². The molecule has 0 fully saturated rings. The van der Waals surface area contributed by atoms with E-state index in [-0.39, 0.29) is 0 Å². The summed E-state index contributed by atoms with van der Waals surface area (Å²) in [6.45, 7) is 0. The number of hydrogen-bond donors (Lipinski definition) is 0. The molecule has 1 aliphatic carbocycles. The Bertz CT molecular complexity index is 2960. The van der Waals surface area contributed by atoms with Gasteiger partial charge in [-0.15, -0.1) is 0 Å². The average molecular weight is 692 g/mol. The van der Waals surface area contributed by atoms with Crippen LogP contribution in [-0.2, 0) is 5.41 Å². The standard InChI is InChI=1S/C49H29N3S/c50-30-33-28-32(29-42-47(33)53-46-25-13-10-22-41(46)49(42)39-20-8-6-17-36(39)37-18-7-9-21-40(37)49)34-26-27-44(38-19-5-4-16-35(34)38)52-45-24-12-11-23-43(45)51-48(52)31-14-2-1-3-15-31/h1-29H. The summed E-state index contributed by atoms with van der Waals surface area (Å²) in [4.78, 5) is 7.35. The van der Waals surface area contributed by atoms with Crippen molar-refractivity contribution >= 4 is 33.6 Å². The van der Waals surface area contributed by atoms with Crippen LogP contribution in [0.15, 0.2) is 186 Å². The van der Waals surface area contributed by atoms with E-state index in [1.807, 2.05) is 12.1 Å². The number of benzene rings is 8. The number of imidazole rings is 1. The van der Waals surface area contributed by atoms with Crippen molar-refractivity contribution in [2.75, 3.05) is 0 Å². The van der Waals surface area contributed by atoms with Gasteiger partial charge in [0, 0.05) is 20.7 Å². The lowest BCUT2D eigenvalue weighted by Crippen LogP contribution is -2.32. The largest absolute Gasteiger partial charge is 0.292 e. The van der Waals surface area contributed by atoms with Crippen molar-refractivity contribution in [2.24, 2.45) is 0 Å². The molecule has 0 unspecified atom stereocenters. The molecule has 0 N–H and O–H groups in total. The van der Waals surface area contributed by atoms with Gasteiger partial charge in [0.15, 0.2) is 0 Å². The molecule has 11 rings (SSSR count). The highest BCUT2D eigenvalue weighted by atomic mass is 32.2. The lowest BCUT2D eigenvalue weighted by atomic mass is 9.66. The molecule has 0 saturated carbocycles. The maximum Gasteiger partial charge on any atom is 0.145 e. The fraction of sp³-hybridized carbons (Fsp3) is 0.0204. The van der Waals surface area contributed by atoms with E-state index in [1.54, 1.807) is 11.8 Å². The van der Waals surface area contributed by atoms with Crippen molar-refractivity contribution in [3.63, 3.8) is 0 Å². The topological polar surface area (TPSA) is 41.6 Å². The van der Waals surface area contributed by atoms with Crippen LogP contribution in [0.2, 0.25) is 0 Å². The van der Waals surface area contributed by atoms with E-state index in [0.29, 0.717) is 5.56 Å². The minimum Gasteiger partial charge on any atom is -0.292 e. The van der Waals surface area contributed by atoms with Crippen molar-refractivity contribution in [3.05, 3.63) is 204 Å². The van der Waals surface area contributed by atoms with E-state index in [0.717, 1.165) is 60.5 Å². The van der Waals surface area contributed by atoms with E-state index >= 15 is 0 Å². The highest BCUT2D eigenvalue weighted by molar-refractivity contribution is 7.99. The second kappa shape index (κ2) is 11.4. The molecule has 0 bridgehead atoms. The smallest absolute Gasteiger partial charge is 0.145 e. The van der Waals surface area contributed by atoms with E-state index in [1.165, 1.54) is 32.7 Å². The van der Waals surface area contributed by atoms with Crippen LogP contribution in [0, 0.1) is 11.3 Å². The van der Waals surface area contributed by atoms with E-state index < -0.39 is 5.41 Å². The highest BCUT2D eigenvalue weighted by Gasteiger charge is 2.50. The van der Waals surface area contributed by atoms with Crippen molar-refractivity contribution < 1.29 is 0 Å². The highest BCUT2D eigenvalue weighted by Crippen LogP contribution is 2.63. The molecule has 1 spiro atoms. The maximum atomic E-state index is 10.9. The van der Waals surface area contributed by atoms with Gasteiger partial charge in [0.25, 0.3) is 0 Å². The number of rotatable bonds is 3. The van der Waals surface area contributed by atoms with Gasteiger partial charge in [-0.2, -0.15) is 5.26 Å². The van der Waals surface area contributed by atoms with Crippen LogP contribution in [0.3, 0.4) is 0 Å². The molecule has 9 aromatic rings. The third kappa shape index (κ3) is 4.14. The second-order valence-electron chi connectivity index (χ2n) is 13.8. The summed E-state index contributed by atoms with van der Waals surface area (Å²) in [6.07, 6.45) is 0. The van der Waals surface area contributed by atoms with Crippen LogP contribution in [0.25, 0.3) is 61.1 Å². The Labute approximate surface area is 311 Å². The number of aromatic nitrogens is 2.